The number of carbonyl (C=O) groups excluding carboxylic acids is 1. The molecule has 2 aliphatic rings. The number of nitrogens with one attached hydrogen (secondary N) is 3. The summed E-state index contributed by atoms with van der Waals surface area (Å²) in [7, 11) is 0. The van der Waals surface area contributed by atoms with E-state index in [9.17, 15) is 9.18 Å². The molecule has 0 saturated carbocycles. The van der Waals surface area contributed by atoms with E-state index in [2.05, 4.69) is 42.6 Å². The lowest BCUT2D eigenvalue weighted by atomic mass is 9.91. The van der Waals surface area contributed by atoms with Crippen LogP contribution in [-0.4, -0.2) is 40.0 Å². The van der Waals surface area contributed by atoms with E-state index in [1.807, 2.05) is 54.6 Å². The molecule has 9 nitrogen and oxygen atoms in total. The van der Waals surface area contributed by atoms with Crippen LogP contribution in [0.4, 0.5) is 21.5 Å². The third kappa shape index (κ3) is 5.68. The molecule has 2 aromatic carbocycles. The maximum atomic E-state index is 14.1. The highest BCUT2D eigenvalue weighted by atomic mass is 19.1. The van der Waals surface area contributed by atoms with Crippen molar-refractivity contribution in [3.05, 3.63) is 132 Å². The summed E-state index contributed by atoms with van der Waals surface area (Å²) in [5.74, 6) is -0.457. The first-order valence-electron chi connectivity index (χ1n) is 14.3. The van der Waals surface area contributed by atoms with E-state index in [1.54, 1.807) is 37.1 Å². The molecule has 0 radical (unpaired) electrons. The average Bonchev–Trinajstić information content (AvgIpc) is 3.07. The van der Waals surface area contributed by atoms with Gasteiger partial charge in [-0.2, -0.15) is 0 Å². The number of anilines is 3. The van der Waals surface area contributed by atoms with Crippen LogP contribution in [0.15, 0.2) is 119 Å². The first kappa shape index (κ1) is 27.8. The van der Waals surface area contributed by atoms with Crippen molar-refractivity contribution in [2.24, 2.45) is 9.98 Å². The van der Waals surface area contributed by atoms with E-state index in [1.165, 1.54) is 12.1 Å². The Labute approximate surface area is 258 Å². The molecule has 220 valence electrons. The van der Waals surface area contributed by atoms with Crippen molar-refractivity contribution in [3.63, 3.8) is 0 Å². The van der Waals surface area contributed by atoms with Crippen molar-refractivity contribution in [1.82, 2.24) is 15.0 Å². The van der Waals surface area contributed by atoms with Crippen molar-refractivity contribution >= 4 is 35.4 Å². The lowest BCUT2D eigenvalue weighted by molar-refractivity contribution is -0.115. The summed E-state index contributed by atoms with van der Waals surface area (Å²) >= 11 is 0. The lowest BCUT2D eigenvalue weighted by Gasteiger charge is -2.28. The zero-order valence-electron chi connectivity index (χ0n) is 24.0. The van der Waals surface area contributed by atoms with Gasteiger partial charge in [0, 0.05) is 34.6 Å². The van der Waals surface area contributed by atoms with Gasteiger partial charge in [-0.3, -0.25) is 29.7 Å². The first-order valence-corrected chi connectivity index (χ1v) is 14.3. The molecule has 0 aliphatic carbocycles. The standard InChI is InChI=1S/C35H27FN8O/c1-37-29-14-30(44-32-18-39-17-27(34(29)32)22-8-5-9-24(36)11-22)35-26-13-28(40-19-31(26)41-20-42-35)23-12-25(16-38-15-23)43-33(45)10-21-6-3-2-4-7-21/h2-9,11-19,29,41,44H,1,10,20H2,(H,43,45). The molecule has 2 aliphatic heterocycles. The van der Waals surface area contributed by atoms with Crippen LogP contribution in [0.2, 0.25) is 0 Å². The summed E-state index contributed by atoms with van der Waals surface area (Å²) < 4.78 is 14.1. The smallest absolute Gasteiger partial charge is 0.228 e. The van der Waals surface area contributed by atoms with Crippen molar-refractivity contribution < 1.29 is 9.18 Å². The minimum atomic E-state index is -0.416. The predicted octanol–water partition coefficient (Wildman–Crippen LogP) is 6.45. The number of carbonyl (C=O) groups is 1. The summed E-state index contributed by atoms with van der Waals surface area (Å²) in [6, 6.07) is 19.4. The van der Waals surface area contributed by atoms with Crippen LogP contribution in [0.25, 0.3) is 22.4 Å². The number of aliphatic imine (C=N–C) groups is 2. The number of aromatic nitrogens is 3. The molecule has 5 heterocycles. The second-order valence-corrected chi connectivity index (χ2v) is 10.6. The zero-order chi connectivity index (χ0) is 30.8. The fourth-order valence-corrected chi connectivity index (χ4v) is 5.59. The molecule has 0 saturated heterocycles. The van der Waals surface area contributed by atoms with Crippen molar-refractivity contribution in [3.8, 4) is 22.4 Å². The Morgan fingerprint density at radius 3 is 2.64 bits per heavy atom. The van der Waals surface area contributed by atoms with Crippen molar-refractivity contribution in [1.29, 1.82) is 0 Å². The van der Waals surface area contributed by atoms with Crippen LogP contribution in [-0.2, 0) is 11.2 Å². The van der Waals surface area contributed by atoms with Crippen LogP contribution >= 0.6 is 0 Å². The largest absolute Gasteiger partial charge is 0.364 e. The van der Waals surface area contributed by atoms with Crippen molar-refractivity contribution in [2.45, 2.75) is 12.5 Å². The van der Waals surface area contributed by atoms with Crippen molar-refractivity contribution in [2.75, 3.05) is 22.6 Å². The fraction of sp³-hybridized carbons (Fsp3) is 0.0857. The van der Waals surface area contributed by atoms with Gasteiger partial charge < -0.3 is 16.0 Å². The van der Waals surface area contributed by atoms with E-state index in [0.29, 0.717) is 23.6 Å². The molecular weight excluding hydrogens is 567 g/mol. The predicted molar refractivity (Wildman–Crippen MR) is 175 cm³/mol. The topological polar surface area (TPSA) is 117 Å². The third-order valence-electron chi connectivity index (χ3n) is 7.66. The zero-order valence-corrected chi connectivity index (χ0v) is 24.0. The number of benzene rings is 2. The number of rotatable bonds is 7. The maximum absolute atomic E-state index is 14.1. The minimum Gasteiger partial charge on any atom is -0.364 e. The third-order valence-corrected chi connectivity index (χ3v) is 7.66. The molecule has 1 atom stereocenters. The highest BCUT2D eigenvalue weighted by Crippen LogP contribution is 2.41. The Morgan fingerprint density at radius 2 is 1.80 bits per heavy atom. The number of allylic oxidation sites excluding steroid dienone is 1. The van der Waals surface area contributed by atoms with E-state index in [4.69, 9.17) is 4.99 Å². The Bertz CT molecular complexity index is 2010. The van der Waals surface area contributed by atoms with E-state index in [0.717, 1.165) is 50.6 Å². The number of halogens is 1. The molecule has 1 unspecified atom stereocenters. The van der Waals surface area contributed by atoms with Gasteiger partial charge in [0.1, 0.15) is 12.5 Å². The Kier molecular flexibility index (Phi) is 7.36. The molecule has 7 rings (SSSR count). The molecule has 1 amide bonds. The van der Waals surface area contributed by atoms with Crippen LogP contribution < -0.4 is 16.0 Å². The highest BCUT2D eigenvalue weighted by molar-refractivity contribution is 6.18. The fourth-order valence-electron chi connectivity index (χ4n) is 5.59. The first-order chi connectivity index (χ1) is 22.1. The molecule has 10 heteroatoms. The normalized spacial score (nSPS) is 14.9. The molecule has 0 spiro atoms. The van der Waals surface area contributed by atoms with Gasteiger partial charge in [-0.15, -0.1) is 0 Å². The molecule has 0 fully saturated rings. The van der Waals surface area contributed by atoms with Gasteiger partial charge >= 0.3 is 0 Å². The number of hydrogen-bond donors (Lipinski definition) is 3. The maximum Gasteiger partial charge on any atom is 0.228 e. The molecular formula is C35H27FN8O. The summed E-state index contributed by atoms with van der Waals surface area (Å²) in [4.78, 5) is 35.3. The van der Waals surface area contributed by atoms with Crippen LogP contribution in [0.3, 0.4) is 0 Å². The van der Waals surface area contributed by atoms with Gasteiger partial charge in [0.15, 0.2) is 0 Å². The Morgan fingerprint density at radius 1 is 0.933 bits per heavy atom. The summed E-state index contributed by atoms with van der Waals surface area (Å²) in [5.41, 5.74) is 9.13. The van der Waals surface area contributed by atoms with E-state index >= 15 is 0 Å². The van der Waals surface area contributed by atoms with E-state index < -0.39 is 6.04 Å². The number of pyridine rings is 3. The van der Waals surface area contributed by atoms with Gasteiger partial charge in [0.25, 0.3) is 0 Å². The molecule has 5 aromatic rings. The van der Waals surface area contributed by atoms with Crippen LogP contribution in [0, 0.1) is 5.82 Å². The Hall–Kier alpha value is -6.03. The lowest BCUT2D eigenvalue weighted by Crippen LogP contribution is -2.24. The Balaban J connectivity index is 1.18. The summed E-state index contributed by atoms with van der Waals surface area (Å²) in [6.45, 7) is 4.22. The van der Waals surface area contributed by atoms with Gasteiger partial charge in [-0.05, 0) is 48.2 Å². The monoisotopic (exact) mass is 594 g/mol. The second-order valence-electron chi connectivity index (χ2n) is 10.6. The summed E-state index contributed by atoms with van der Waals surface area (Å²) in [6.07, 6.45) is 10.8. The van der Waals surface area contributed by atoms with E-state index in [-0.39, 0.29) is 18.1 Å². The SMILES string of the molecule is C=NC1C=C(C2=NCNc3cnc(-c4cncc(NC(=O)Cc5ccccc5)c4)cc32)Nc2cncc(-c3cccc(F)c3)c21. The molecule has 3 N–H and O–H groups in total. The number of amides is 1. The summed E-state index contributed by atoms with van der Waals surface area (Å²) in [5, 5.41) is 9.71. The molecule has 45 heavy (non-hydrogen) atoms. The van der Waals surface area contributed by atoms with Crippen LogP contribution in [0.5, 0.6) is 0 Å². The molecule has 3 aromatic heterocycles. The number of hydrogen-bond acceptors (Lipinski definition) is 8. The highest BCUT2D eigenvalue weighted by Gasteiger charge is 2.28. The van der Waals surface area contributed by atoms with Gasteiger partial charge in [0.05, 0.1) is 65.2 Å². The van der Waals surface area contributed by atoms with Gasteiger partial charge in [-0.1, -0.05) is 42.5 Å². The number of fused-ring (bicyclic) bond motifs is 2. The molecule has 0 bridgehead atoms. The van der Waals surface area contributed by atoms with Crippen LogP contribution in [0.1, 0.15) is 22.7 Å². The van der Waals surface area contributed by atoms with Gasteiger partial charge in [0.2, 0.25) is 5.91 Å². The second kappa shape index (κ2) is 11.9. The van der Waals surface area contributed by atoms with Gasteiger partial charge in [-0.25, -0.2) is 4.39 Å². The number of nitrogens with zero attached hydrogens (tertiary/aromatic N) is 5. The minimum absolute atomic E-state index is 0.131. The average molecular weight is 595 g/mol. The quantitative estimate of drug-likeness (QED) is 0.187.